The second-order valence-corrected chi connectivity index (χ2v) is 3.89. The largest absolute Gasteiger partial charge is 0.480 e. The van der Waals surface area contributed by atoms with Gasteiger partial charge in [0.15, 0.2) is 0 Å². The lowest BCUT2D eigenvalue weighted by Crippen LogP contribution is -2.44. The smallest absolute Gasteiger partial charge is 0.325 e. The minimum atomic E-state index is -1.03. The third-order valence-corrected chi connectivity index (χ3v) is 2.52. The Labute approximate surface area is 82.9 Å². The molecular weight excluding hydrogens is 184 g/mol. The van der Waals surface area contributed by atoms with Gasteiger partial charge in [0.05, 0.1) is 0 Å². The first kappa shape index (κ1) is 10.8. The van der Waals surface area contributed by atoms with Crippen molar-refractivity contribution in [3.63, 3.8) is 0 Å². The summed E-state index contributed by atoms with van der Waals surface area (Å²) in [6.07, 6.45) is 1.15. The number of rotatable bonds is 4. The van der Waals surface area contributed by atoms with Gasteiger partial charge < -0.3 is 15.7 Å². The van der Waals surface area contributed by atoms with E-state index in [1.54, 1.807) is 0 Å². The molecule has 0 aromatic carbocycles. The molecule has 80 valence electrons. The second kappa shape index (κ2) is 4.30. The lowest BCUT2D eigenvalue weighted by Gasteiger charge is -2.10. The summed E-state index contributed by atoms with van der Waals surface area (Å²) in [4.78, 5) is 21.5. The number of hydrogen-bond acceptors (Lipinski definition) is 2. The number of urea groups is 1. The molecule has 0 saturated heterocycles. The van der Waals surface area contributed by atoms with Gasteiger partial charge in [-0.25, -0.2) is 4.79 Å². The van der Waals surface area contributed by atoms with E-state index in [0.29, 0.717) is 18.4 Å². The van der Waals surface area contributed by atoms with Crippen molar-refractivity contribution in [1.29, 1.82) is 0 Å². The Balaban J connectivity index is 2.12. The highest BCUT2D eigenvalue weighted by molar-refractivity contribution is 5.82. The van der Waals surface area contributed by atoms with Crippen LogP contribution in [-0.4, -0.2) is 29.7 Å². The van der Waals surface area contributed by atoms with E-state index in [9.17, 15) is 9.59 Å². The molecule has 1 aliphatic rings. The molecule has 3 unspecified atom stereocenters. The highest BCUT2D eigenvalue weighted by Gasteiger charge is 2.32. The Morgan fingerprint density at radius 2 is 2.14 bits per heavy atom. The molecule has 0 radical (unpaired) electrons. The van der Waals surface area contributed by atoms with Gasteiger partial charge in [-0.3, -0.25) is 4.79 Å². The molecule has 14 heavy (non-hydrogen) atoms. The molecule has 5 nitrogen and oxygen atoms in total. The summed E-state index contributed by atoms with van der Waals surface area (Å²) >= 11 is 0. The van der Waals surface area contributed by atoms with Gasteiger partial charge in [0.2, 0.25) is 0 Å². The van der Waals surface area contributed by atoms with Gasteiger partial charge in [-0.1, -0.05) is 6.92 Å². The number of carboxylic acids is 1. The van der Waals surface area contributed by atoms with Crippen LogP contribution >= 0.6 is 0 Å². The molecule has 0 aromatic rings. The van der Waals surface area contributed by atoms with Crippen LogP contribution in [0.15, 0.2) is 0 Å². The molecule has 0 spiro atoms. The highest BCUT2D eigenvalue weighted by Crippen LogP contribution is 2.36. The Morgan fingerprint density at radius 3 is 2.57 bits per heavy atom. The maximum Gasteiger partial charge on any atom is 0.325 e. The number of carbonyl (C=O) groups is 2. The molecule has 5 heteroatoms. The first-order valence-corrected chi connectivity index (χ1v) is 4.78. The van der Waals surface area contributed by atoms with Crippen LogP contribution in [0.25, 0.3) is 0 Å². The van der Waals surface area contributed by atoms with Gasteiger partial charge in [0.25, 0.3) is 0 Å². The number of nitrogens with one attached hydrogen (secondary N) is 2. The summed E-state index contributed by atoms with van der Waals surface area (Å²) in [7, 11) is 0. The molecule has 1 rings (SSSR count). The summed E-state index contributed by atoms with van der Waals surface area (Å²) < 4.78 is 0. The minimum absolute atomic E-state index is 0.404. The fraction of sp³-hybridized carbons (Fsp3) is 0.778. The number of aliphatic carboxylic acids is 1. The van der Waals surface area contributed by atoms with E-state index in [2.05, 4.69) is 17.6 Å². The Bertz CT molecular complexity index is 242. The summed E-state index contributed by atoms with van der Waals surface area (Å²) in [6, 6.07) is -1.24. The van der Waals surface area contributed by atoms with Crippen LogP contribution in [0.2, 0.25) is 0 Å². The molecule has 1 saturated carbocycles. The standard InChI is InChI=1S/C9H16N2O3/c1-5-3-7(5)4-10-9(14)11-6(2)8(12)13/h5-7H,3-4H2,1-2H3,(H,12,13)(H2,10,11,14). The number of carboxylic acid groups (broad SMARTS) is 1. The summed E-state index contributed by atoms with van der Waals surface area (Å²) in [6.45, 7) is 4.20. The van der Waals surface area contributed by atoms with Gasteiger partial charge in [-0.05, 0) is 25.2 Å². The van der Waals surface area contributed by atoms with Crippen LogP contribution in [-0.2, 0) is 4.79 Å². The zero-order chi connectivity index (χ0) is 10.7. The third-order valence-electron chi connectivity index (χ3n) is 2.52. The van der Waals surface area contributed by atoms with Gasteiger partial charge in [-0.15, -0.1) is 0 Å². The van der Waals surface area contributed by atoms with Crippen molar-refractivity contribution >= 4 is 12.0 Å². The molecule has 3 N–H and O–H groups in total. The van der Waals surface area contributed by atoms with Crippen LogP contribution in [0.1, 0.15) is 20.3 Å². The predicted molar refractivity (Wildman–Crippen MR) is 50.9 cm³/mol. The zero-order valence-corrected chi connectivity index (χ0v) is 8.41. The van der Waals surface area contributed by atoms with Gasteiger partial charge in [0, 0.05) is 6.54 Å². The first-order chi connectivity index (χ1) is 6.50. The summed E-state index contributed by atoms with van der Waals surface area (Å²) in [5.41, 5.74) is 0. The van der Waals surface area contributed by atoms with Crippen LogP contribution in [0.4, 0.5) is 4.79 Å². The Morgan fingerprint density at radius 1 is 1.57 bits per heavy atom. The van der Waals surface area contributed by atoms with Gasteiger partial charge in [-0.2, -0.15) is 0 Å². The van der Waals surface area contributed by atoms with E-state index in [1.165, 1.54) is 6.92 Å². The van der Waals surface area contributed by atoms with Crippen LogP contribution < -0.4 is 10.6 Å². The van der Waals surface area contributed by atoms with E-state index in [1.807, 2.05) is 0 Å². The molecule has 0 aromatic heterocycles. The molecule has 1 fully saturated rings. The number of hydrogen-bond donors (Lipinski definition) is 3. The first-order valence-electron chi connectivity index (χ1n) is 4.78. The molecule has 2 amide bonds. The Hall–Kier alpha value is -1.26. The van der Waals surface area contributed by atoms with Crippen LogP contribution in [0.3, 0.4) is 0 Å². The van der Waals surface area contributed by atoms with Crippen molar-refractivity contribution in [2.24, 2.45) is 11.8 Å². The van der Waals surface area contributed by atoms with E-state index in [-0.39, 0.29) is 0 Å². The maximum absolute atomic E-state index is 11.1. The molecule has 1 aliphatic carbocycles. The minimum Gasteiger partial charge on any atom is -0.480 e. The lowest BCUT2D eigenvalue weighted by atomic mass is 10.3. The van der Waals surface area contributed by atoms with Gasteiger partial charge >= 0.3 is 12.0 Å². The number of amides is 2. The average Bonchev–Trinajstić information content (AvgIpc) is 2.78. The highest BCUT2D eigenvalue weighted by atomic mass is 16.4. The van der Waals surface area contributed by atoms with E-state index >= 15 is 0 Å². The number of carbonyl (C=O) groups excluding carboxylic acids is 1. The van der Waals surface area contributed by atoms with Crippen molar-refractivity contribution in [3.8, 4) is 0 Å². The van der Waals surface area contributed by atoms with Gasteiger partial charge in [0.1, 0.15) is 6.04 Å². The van der Waals surface area contributed by atoms with E-state index in [4.69, 9.17) is 5.11 Å². The maximum atomic E-state index is 11.1. The van der Waals surface area contributed by atoms with Crippen molar-refractivity contribution in [2.75, 3.05) is 6.54 Å². The molecule has 0 aliphatic heterocycles. The lowest BCUT2D eigenvalue weighted by molar-refractivity contribution is -0.138. The fourth-order valence-electron chi connectivity index (χ4n) is 1.22. The quantitative estimate of drug-likeness (QED) is 0.615. The Kier molecular flexibility index (Phi) is 3.33. The zero-order valence-electron chi connectivity index (χ0n) is 8.41. The predicted octanol–water partition coefficient (Wildman–Crippen LogP) is 0.415. The SMILES string of the molecule is CC(NC(=O)NCC1CC1C)C(=O)O. The normalized spacial score (nSPS) is 26.4. The monoisotopic (exact) mass is 200 g/mol. The molecule has 3 atom stereocenters. The van der Waals surface area contributed by atoms with Crippen LogP contribution in [0.5, 0.6) is 0 Å². The molecule has 0 heterocycles. The van der Waals surface area contributed by atoms with E-state index < -0.39 is 18.0 Å². The molecular formula is C9H16N2O3. The van der Waals surface area contributed by atoms with E-state index in [0.717, 1.165) is 6.42 Å². The topological polar surface area (TPSA) is 78.4 Å². The summed E-state index contributed by atoms with van der Waals surface area (Å²) in [5.74, 6) is 0.230. The summed E-state index contributed by atoms with van der Waals surface area (Å²) in [5, 5.41) is 13.5. The average molecular weight is 200 g/mol. The third kappa shape index (κ3) is 3.24. The second-order valence-electron chi connectivity index (χ2n) is 3.89. The van der Waals surface area contributed by atoms with Crippen molar-refractivity contribution in [2.45, 2.75) is 26.3 Å². The van der Waals surface area contributed by atoms with Crippen LogP contribution in [0, 0.1) is 11.8 Å². The van der Waals surface area contributed by atoms with Crippen molar-refractivity contribution in [1.82, 2.24) is 10.6 Å². The molecule has 0 bridgehead atoms. The van der Waals surface area contributed by atoms with Crippen molar-refractivity contribution in [3.05, 3.63) is 0 Å². The fourth-order valence-corrected chi connectivity index (χ4v) is 1.22. The van der Waals surface area contributed by atoms with Crippen molar-refractivity contribution < 1.29 is 14.7 Å².